The molecule has 2 aliphatic rings. The first kappa shape index (κ1) is 24.6. The normalized spacial score (nSPS) is 17.8. The van der Waals surface area contributed by atoms with Crippen molar-refractivity contribution >= 4 is 23.6 Å². The Balaban J connectivity index is 1.33. The molecule has 1 fully saturated rings. The topological polar surface area (TPSA) is 99.4 Å². The highest BCUT2D eigenvalue weighted by Gasteiger charge is 2.42. The van der Waals surface area contributed by atoms with Crippen molar-refractivity contribution in [3.8, 4) is 5.75 Å². The average molecular weight is 486 g/mol. The van der Waals surface area contributed by atoms with E-state index in [9.17, 15) is 9.59 Å². The number of likely N-dealkylation sites (tertiary alicyclic amines) is 1. The minimum Gasteiger partial charge on any atom is -0.497 e. The van der Waals surface area contributed by atoms with Gasteiger partial charge in [-0.05, 0) is 55.4 Å². The standard InChI is InChI=1S/C25H35N5O3S/c1-33-19-6-3-18(4-7-19)5-8-22(31)29-21(10-16-34-2)24(32)30-14-11-25(12-15-30)23-20(9-13-28-25)26-17-27-23/h3-4,6-7,17,21,28H,5,8-16H2,1-2H3,(H,26,27)(H,29,31)/t21-/m1/s1. The third-order valence-electron chi connectivity index (χ3n) is 6.98. The summed E-state index contributed by atoms with van der Waals surface area (Å²) in [7, 11) is 1.64. The van der Waals surface area contributed by atoms with E-state index in [-0.39, 0.29) is 17.4 Å². The number of hydrogen-bond acceptors (Lipinski definition) is 6. The number of hydrogen-bond donors (Lipinski definition) is 3. The lowest BCUT2D eigenvalue weighted by atomic mass is 9.80. The molecule has 184 valence electrons. The fourth-order valence-corrected chi connectivity index (χ4v) is 5.46. The van der Waals surface area contributed by atoms with E-state index in [0.29, 0.717) is 32.4 Å². The predicted molar refractivity (Wildman–Crippen MR) is 134 cm³/mol. The van der Waals surface area contributed by atoms with Crippen molar-refractivity contribution in [1.82, 2.24) is 25.5 Å². The van der Waals surface area contributed by atoms with E-state index < -0.39 is 6.04 Å². The van der Waals surface area contributed by atoms with E-state index in [1.807, 2.05) is 35.4 Å². The second kappa shape index (κ2) is 11.3. The first-order chi connectivity index (χ1) is 16.5. The summed E-state index contributed by atoms with van der Waals surface area (Å²) in [5, 5.41) is 6.69. The van der Waals surface area contributed by atoms with E-state index in [0.717, 1.165) is 48.6 Å². The van der Waals surface area contributed by atoms with Gasteiger partial charge in [0.05, 0.1) is 24.7 Å². The lowest BCUT2D eigenvalue weighted by molar-refractivity contribution is -0.138. The zero-order valence-electron chi connectivity index (χ0n) is 20.1. The Bertz CT molecular complexity index is 969. The van der Waals surface area contributed by atoms with Gasteiger partial charge in [0.2, 0.25) is 11.8 Å². The number of rotatable bonds is 9. The maximum atomic E-state index is 13.4. The van der Waals surface area contributed by atoms with Crippen LogP contribution in [0.15, 0.2) is 30.6 Å². The Kier molecular flexibility index (Phi) is 8.15. The van der Waals surface area contributed by atoms with Crippen molar-refractivity contribution in [3.63, 3.8) is 0 Å². The van der Waals surface area contributed by atoms with E-state index >= 15 is 0 Å². The van der Waals surface area contributed by atoms with Crippen molar-refractivity contribution in [3.05, 3.63) is 47.5 Å². The molecule has 2 aliphatic heterocycles. The number of thioether (sulfide) groups is 1. The summed E-state index contributed by atoms with van der Waals surface area (Å²) in [6.07, 6.45) is 8.03. The number of H-pyrrole nitrogens is 1. The highest BCUT2D eigenvalue weighted by Crippen LogP contribution is 2.36. The monoisotopic (exact) mass is 485 g/mol. The minimum atomic E-state index is -0.481. The number of nitrogens with one attached hydrogen (secondary N) is 3. The number of aryl methyl sites for hydroxylation is 1. The Hall–Kier alpha value is -2.52. The molecule has 3 heterocycles. The van der Waals surface area contributed by atoms with Gasteiger partial charge in [-0.15, -0.1) is 0 Å². The van der Waals surface area contributed by atoms with Crippen molar-refractivity contribution in [1.29, 1.82) is 0 Å². The molecular weight excluding hydrogens is 450 g/mol. The second-order valence-corrected chi connectivity index (χ2v) is 10.0. The number of piperidine rings is 1. The van der Waals surface area contributed by atoms with Gasteiger partial charge in [-0.1, -0.05) is 12.1 Å². The van der Waals surface area contributed by atoms with Gasteiger partial charge in [-0.2, -0.15) is 11.8 Å². The molecular formula is C25H35N5O3S. The Morgan fingerprint density at radius 2 is 2.03 bits per heavy atom. The van der Waals surface area contributed by atoms with Crippen LogP contribution in [0.3, 0.4) is 0 Å². The molecule has 1 saturated heterocycles. The highest BCUT2D eigenvalue weighted by atomic mass is 32.2. The van der Waals surface area contributed by atoms with Crippen molar-refractivity contribution < 1.29 is 14.3 Å². The summed E-state index contributed by atoms with van der Waals surface area (Å²) >= 11 is 1.69. The number of aromatic nitrogens is 2. The zero-order chi connectivity index (χ0) is 24.0. The minimum absolute atomic E-state index is 0.0276. The molecule has 0 saturated carbocycles. The van der Waals surface area contributed by atoms with Gasteiger partial charge in [-0.3, -0.25) is 9.59 Å². The van der Waals surface area contributed by atoms with Crippen molar-refractivity contribution in [2.75, 3.05) is 38.8 Å². The molecule has 1 spiro atoms. The molecule has 8 nitrogen and oxygen atoms in total. The third-order valence-corrected chi connectivity index (χ3v) is 7.63. The van der Waals surface area contributed by atoms with Crippen LogP contribution < -0.4 is 15.4 Å². The molecule has 2 amide bonds. The number of methoxy groups -OCH3 is 1. The number of fused-ring (bicyclic) bond motifs is 2. The maximum Gasteiger partial charge on any atom is 0.245 e. The van der Waals surface area contributed by atoms with Crippen LogP contribution in [0.2, 0.25) is 0 Å². The number of aromatic amines is 1. The van der Waals surface area contributed by atoms with Gasteiger partial charge in [0.1, 0.15) is 11.8 Å². The molecule has 1 aromatic carbocycles. The summed E-state index contributed by atoms with van der Waals surface area (Å²) in [4.78, 5) is 35.9. The van der Waals surface area contributed by atoms with Crippen molar-refractivity contribution in [2.45, 2.75) is 50.1 Å². The SMILES string of the molecule is COc1ccc(CCC(=O)N[C@H](CCSC)C(=O)N2CCC3(CC2)NCCc2[nH]cnc23)cc1. The number of imidazole rings is 1. The van der Waals surface area contributed by atoms with Crippen LogP contribution in [0.4, 0.5) is 0 Å². The largest absolute Gasteiger partial charge is 0.497 e. The number of carbonyl (C=O) groups is 2. The van der Waals surface area contributed by atoms with E-state index in [4.69, 9.17) is 4.74 Å². The van der Waals surface area contributed by atoms with Gasteiger partial charge in [-0.25, -0.2) is 4.98 Å². The van der Waals surface area contributed by atoms with E-state index in [1.165, 1.54) is 5.69 Å². The first-order valence-electron chi connectivity index (χ1n) is 12.0. The molecule has 2 aromatic rings. The summed E-state index contributed by atoms with van der Waals surface area (Å²) in [6.45, 7) is 2.25. The lowest BCUT2D eigenvalue weighted by Gasteiger charge is -2.44. The Morgan fingerprint density at radius 1 is 1.26 bits per heavy atom. The molecule has 4 rings (SSSR count). The van der Waals surface area contributed by atoms with Gasteiger partial charge in [0.15, 0.2) is 0 Å². The molecule has 34 heavy (non-hydrogen) atoms. The van der Waals surface area contributed by atoms with Gasteiger partial charge in [0, 0.05) is 38.2 Å². The smallest absolute Gasteiger partial charge is 0.245 e. The Labute approximate surface area is 205 Å². The van der Waals surface area contributed by atoms with E-state index in [1.54, 1.807) is 25.2 Å². The second-order valence-electron chi connectivity index (χ2n) is 9.06. The molecule has 0 unspecified atom stereocenters. The summed E-state index contributed by atoms with van der Waals surface area (Å²) in [5.41, 5.74) is 3.24. The molecule has 9 heteroatoms. The van der Waals surface area contributed by atoms with Gasteiger partial charge in [0.25, 0.3) is 0 Å². The lowest BCUT2D eigenvalue weighted by Crippen LogP contribution is -2.57. The van der Waals surface area contributed by atoms with Gasteiger partial charge < -0.3 is 25.3 Å². The molecule has 3 N–H and O–H groups in total. The molecule has 0 radical (unpaired) electrons. The zero-order valence-corrected chi connectivity index (χ0v) is 20.9. The van der Waals surface area contributed by atoms with Crippen molar-refractivity contribution in [2.24, 2.45) is 0 Å². The quantitative estimate of drug-likeness (QED) is 0.504. The fourth-order valence-electron chi connectivity index (χ4n) is 4.99. The molecule has 1 atom stereocenters. The Morgan fingerprint density at radius 3 is 2.74 bits per heavy atom. The summed E-state index contributed by atoms with van der Waals surface area (Å²) in [5.74, 6) is 1.57. The van der Waals surface area contributed by atoms with Crippen LogP contribution in [0.25, 0.3) is 0 Å². The number of ether oxygens (including phenoxy) is 1. The number of benzene rings is 1. The van der Waals surface area contributed by atoms with Crippen LogP contribution >= 0.6 is 11.8 Å². The number of amides is 2. The van der Waals surface area contributed by atoms with Crippen LogP contribution in [-0.2, 0) is 28.0 Å². The summed E-state index contributed by atoms with van der Waals surface area (Å²) in [6, 6.07) is 7.25. The van der Waals surface area contributed by atoms with Crippen LogP contribution in [0.5, 0.6) is 5.75 Å². The van der Waals surface area contributed by atoms with Crippen LogP contribution in [0.1, 0.15) is 42.6 Å². The number of nitrogens with zero attached hydrogens (tertiary/aromatic N) is 2. The first-order valence-corrected chi connectivity index (χ1v) is 13.4. The molecule has 0 bridgehead atoms. The molecule has 0 aliphatic carbocycles. The van der Waals surface area contributed by atoms with Gasteiger partial charge >= 0.3 is 0 Å². The highest BCUT2D eigenvalue weighted by molar-refractivity contribution is 7.98. The third kappa shape index (κ3) is 5.58. The average Bonchev–Trinajstić information content (AvgIpc) is 3.36. The molecule has 1 aromatic heterocycles. The predicted octanol–water partition coefficient (Wildman–Crippen LogP) is 2.25. The fraction of sp³-hybridized carbons (Fsp3) is 0.560. The number of carbonyl (C=O) groups excluding carboxylic acids is 2. The summed E-state index contributed by atoms with van der Waals surface area (Å²) < 4.78 is 5.19. The van der Waals surface area contributed by atoms with Crippen LogP contribution in [-0.4, -0.2) is 71.5 Å². The van der Waals surface area contributed by atoms with E-state index in [2.05, 4.69) is 20.6 Å². The maximum absolute atomic E-state index is 13.4. The van der Waals surface area contributed by atoms with Crippen LogP contribution in [0, 0.1) is 0 Å².